The van der Waals surface area contributed by atoms with Gasteiger partial charge >= 0.3 is 6.18 Å². The number of alkyl halides is 3. The summed E-state index contributed by atoms with van der Waals surface area (Å²) in [6.45, 7) is 10.2. The van der Waals surface area contributed by atoms with E-state index in [1.165, 1.54) is 31.3 Å². The van der Waals surface area contributed by atoms with E-state index in [1.54, 1.807) is 4.31 Å². The molecule has 0 aliphatic carbocycles. The van der Waals surface area contributed by atoms with E-state index in [4.69, 9.17) is 4.74 Å². The van der Waals surface area contributed by atoms with E-state index < -0.39 is 27.8 Å². The van der Waals surface area contributed by atoms with E-state index in [-0.39, 0.29) is 22.4 Å². The average molecular weight is 601 g/mol. The van der Waals surface area contributed by atoms with Crippen LogP contribution in [-0.2, 0) is 28.0 Å². The summed E-state index contributed by atoms with van der Waals surface area (Å²) in [6.07, 6.45) is -2.48. The van der Waals surface area contributed by atoms with Crippen molar-refractivity contribution in [1.29, 1.82) is 0 Å². The van der Waals surface area contributed by atoms with Crippen molar-refractivity contribution >= 4 is 21.6 Å². The van der Waals surface area contributed by atoms with Crippen LogP contribution in [0.1, 0.15) is 49.3 Å². The van der Waals surface area contributed by atoms with Crippen molar-refractivity contribution in [3.63, 3.8) is 0 Å². The number of halogens is 3. The molecule has 0 saturated carbocycles. The topological polar surface area (TPSA) is 100 Å². The van der Waals surface area contributed by atoms with Gasteiger partial charge in [0.05, 0.1) is 24.3 Å². The Kier molecular flexibility index (Phi) is 10.1. The quantitative estimate of drug-likeness (QED) is 0.446. The van der Waals surface area contributed by atoms with Crippen LogP contribution in [0.25, 0.3) is 0 Å². The van der Waals surface area contributed by atoms with Gasteiger partial charge in [-0.2, -0.15) is 22.6 Å². The van der Waals surface area contributed by atoms with Crippen LogP contribution in [0.5, 0.6) is 0 Å². The minimum Gasteiger partial charge on any atom is -0.379 e. The minimum absolute atomic E-state index is 0.0972. The van der Waals surface area contributed by atoms with Crippen LogP contribution in [0.3, 0.4) is 0 Å². The molecule has 2 aliphatic rings. The Morgan fingerprint density at radius 2 is 1.83 bits per heavy atom. The smallest absolute Gasteiger partial charge is 0.379 e. The van der Waals surface area contributed by atoms with E-state index in [0.29, 0.717) is 31.7 Å². The van der Waals surface area contributed by atoms with Gasteiger partial charge in [-0.25, -0.2) is 8.42 Å². The highest BCUT2D eigenvalue weighted by Crippen LogP contribution is 2.30. The maximum absolute atomic E-state index is 13.9. The second kappa shape index (κ2) is 13.2. The second-order valence-electron chi connectivity index (χ2n) is 10.9. The van der Waals surface area contributed by atoms with Gasteiger partial charge in [0.2, 0.25) is 10.0 Å². The van der Waals surface area contributed by atoms with E-state index >= 15 is 0 Å². The van der Waals surface area contributed by atoms with E-state index in [0.717, 1.165) is 56.7 Å². The molecule has 228 valence electrons. The van der Waals surface area contributed by atoms with Crippen LogP contribution in [0.15, 0.2) is 35.2 Å². The molecule has 41 heavy (non-hydrogen) atoms. The molecule has 14 heteroatoms. The Hall–Kier alpha value is -2.52. The Labute approximate surface area is 239 Å². The zero-order valence-electron chi connectivity index (χ0n) is 23.7. The van der Waals surface area contributed by atoms with E-state index in [9.17, 15) is 26.4 Å². The highest BCUT2D eigenvalue weighted by Gasteiger charge is 2.38. The van der Waals surface area contributed by atoms with Crippen LogP contribution in [0.2, 0.25) is 0 Å². The molecule has 1 amide bonds. The monoisotopic (exact) mass is 600 g/mol. The third kappa shape index (κ3) is 7.86. The number of nitrogens with zero attached hydrogens (tertiary/aromatic N) is 5. The van der Waals surface area contributed by atoms with E-state index in [1.807, 2.05) is 0 Å². The van der Waals surface area contributed by atoms with Gasteiger partial charge in [-0.3, -0.25) is 19.3 Å². The summed E-state index contributed by atoms with van der Waals surface area (Å²) in [5, 5.41) is 5.88. The first-order valence-corrected chi connectivity index (χ1v) is 15.4. The fourth-order valence-corrected chi connectivity index (χ4v) is 7.00. The third-order valence-electron chi connectivity index (χ3n) is 7.37. The highest BCUT2D eigenvalue weighted by molar-refractivity contribution is 7.89. The number of carbonyl (C=O) groups is 1. The zero-order chi connectivity index (χ0) is 29.8. The first-order valence-electron chi connectivity index (χ1n) is 13.9. The molecule has 1 aromatic heterocycles. The minimum atomic E-state index is -4.67. The van der Waals surface area contributed by atoms with Gasteiger partial charge in [0, 0.05) is 58.1 Å². The molecule has 1 N–H and O–H groups in total. The van der Waals surface area contributed by atoms with Crippen molar-refractivity contribution < 1.29 is 31.1 Å². The Balaban J connectivity index is 1.48. The molecular formula is C27H39F3N6O4S. The number of aryl methyl sites for hydroxylation is 1. The number of piperidine rings is 1. The van der Waals surface area contributed by atoms with Crippen molar-refractivity contribution in [1.82, 2.24) is 23.9 Å². The molecule has 2 saturated heterocycles. The summed E-state index contributed by atoms with van der Waals surface area (Å²) in [5.41, 5.74) is -1.18. The largest absolute Gasteiger partial charge is 0.435 e. The average Bonchev–Trinajstić information content (AvgIpc) is 3.34. The fourth-order valence-electron chi connectivity index (χ4n) is 5.32. The van der Waals surface area contributed by atoms with Gasteiger partial charge < -0.3 is 10.1 Å². The predicted molar refractivity (Wildman–Crippen MR) is 148 cm³/mol. The summed E-state index contributed by atoms with van der Waals surface area (Å²) in [6, 6.07) is 6.39. The van der Waals surface area contributed by atoms with Crippen LogP contribution < -0.4 is 5.32 Å². The number of morpholine rings is 1. The summed E-state index contributed by atoms with van der Waals surface area (Å²) in [5.74, 6) is -0.424. The molecule has 10 nitrogen and oxygen atoms in total. The number of nitrogens with one attached hydrogen (secondary N) is 1. The van der Waals surface area contributed by atoms with E-state index in [2.05, 4.69) is 34.1 Å². The molecule has 1 unspecified atom stereocenters. The lowest BCUT2D eigenvalue weighted by Gasteiger charge is -2.43. The molecule has 0 spiro atoms. The summed E-state index contributed by atoms with van der Waals surface area (Å²) in [7, 11) is -2.60. The first kappa shape index (κ1) is 31.4. The van der Waals surface area contributed by atoms with Crippen LogP contribution in [0, 0.1) is 5.92 Å². The van der Waals surface area contributed by atoms with Gasteiger partial charge in [-0.1, -0.05) is 13.8 Å². The summed E-state index contributed by atoms with van der Waals surface area (Å²) < 4.78 is 74.5. The first-order chi connectivity index (χ1) is 19.4. The van der Waals surface area contributed by atoms with Gasteiger partial charge in [0.1, 0.15) is 5.69 Å². The van der Waals surface area contributed by atoms with Gasteiger partial charge in [-0.15, -0.1) is 0 Å². The standard InChI is InChI=1S/C27H39F3N6O4S/c1-20(2)19-35(13-12-34-14-16-40-17-15-34)25-6-4-5-11-36(25)41(38,39)22-9-7-21(8-10-22)31-26(37)23-18-24(27(28,29)30)32-33(23)3/h7-10,18,20,25H,4-6,11-17,19H2,1-3H3,(H,31,37). The van der Waals surface area contributed by atoms with Crippen LogP contribution >= 0.6 is 0 Å². The third-order valence-corrected chi connectivity index (χ3v) is 9.28. The maximum Gasteiger partial charge on any atom is 0.435 e. The van der Waals surface area contributed by atoms with Crippen molar-refractivity contribution in [2.45, 2.75) is 50.3 Å². The van der Waals surface area contributed by atoms with Crippen molar-refractivity contribution in [2.75, 3.05) is 57.8 Å². The van der Waals surface area contributed by atoms with Crippen molar-refractivity contribution in [3.8, 4) is 0 Å². The second-order valence-corrected chi connectivity index (χ2v) is 12.8. The number of rotatable bonds is 10. The van der Waals surface area contributed by atoms with Gasteiger partial charge in [0.25, 0.3) is 5.91 Å². The Morgan fingerprint density at radius 3 is 2.44 bits per heavy atom. The number of anilines is 1. The SMILES string of the molecule is CC(C)CN(CCN1CCOCC1)C1CCCCN1S(=O)(=O)c1ccc(NC(=O)c2cc(C(F)(F)F)nn2C)cc1. The molecule has 1 aromatic carbocycles. The lowest BCUT2D eigenvalue weighted by Crippen LogP contribution is -2.55. The Morgan fingerprint density at radius 1 is 1.15 bits per heavy atom. The fraction of sp³-hybridized carbons (Fsp3) is 0.630. The number of sulfonamides is 1. The van der Waals surface area contributed by atoms with Crippen LogP contribution in [-0.4, -0.2) is 96.9 Å². The number of amides is 1. The molecule has 0 bridgehead atoms. The predicted octanol–water partition coefficient (Wildman–Crippen LogP) is 3.48. The molecule has 2 fully saturated rings. The van der Waals surface area contributed by atoms with Crippen LogP contribution in [0.4, 0.5) is 18.9 Å². The summed E-state index contributed by atoms with van der Waals surface area (Å²) in [4.78, 5) is 17.3. The number of hydrogen-bond acceptors (Lipinski definition) is 7. The molecular weight excluding hydrogens is 561 g/mol. The highest BCUT2D eigenvalue weighted by atomic mass is 32.2. The Bertz CT molecular complexity index is 1280. The number of hydrogen-bond donors (Lipinski definition) is 1. The zero-order valence-corrected chi connectivity index (χ0v) is 24.5. The number of ether oxygens (including phenoxy) is 1. The number of carbonyl (C=O) groups excluding carboxylic acids is 1. The molecule has 3 heterocycles. The lowest BCUT2D eigenvalue weighted by molar-refractivity contribution is -0.141. The molecule has 2 aromatic rings. The molecule has 1 atom stereocenters. The molecule has 4 rings (SSSR count). The summed E-state index contributed by atoms with van der Waals surface area (Å²) >= 11 is 0. The lowest BCUT2D eigenvalue weighted by atomic mass is 10.1. The maximum atomic E-state index is 13.9. The number of aromatic nitrogens is 2. The number of benzene rings is 1. The van der Waals surface area contributed by atoms with Crippen molar-refractivity contribution in [3.05, 3.63) is 41.7 Å². The van der Waals surface area contributed by atoms with Crippen molar-refractivity contribution in [2.24, 2.45) is 13.0 Å². The van der Waals surface area contributed by atoms with Gasteiger partial charge in [-0.05, 0) is 49.4 Å². The normalized spacial score (nSPS) is 19.7. The van der Waals surface area contributed by atoms with Gasteiger partial charge in [0.15, 0.2) is 5.69 Å². The molecule has 2 aliphatic heterocycles. The molecule has 0 radical (unpaired) electrons.